The summed E-state index contributed by atoms with van der Waals surface area (Å²) in [6.45, 7) is 1.79. The Kier molecular flexibility index (Phi) is 4.38. The van der Waals surface area contributed by atoms with Gasteiger partial charge in [0.25, 0.3) is 5.91 Å². The smallest absolute Gasteiger partial charge is 0.362 e. The Morgan fingerprint density at radius 2 is 1.92 bits per heavy atom. The summed E-state index contributed by atoms with van der Waals surface area (Å²) >= 11 is 0. The number of carbonyl (C=O) groups is 2. The number of esters is 1. The maximum absolute atomic E-state index is 12.1. The molecule has 0 aliphatic carbocycles. The zero-order valence-corrected chi connectivity index (χ0v) is 12.9. The van der Waals surface area contributed by atoms with Crippen LogP contribution in [-0.2, 0) is 0 Å². The molecule has 0 unspecified atom stereocenters. The molecular formula is C18H14N2O4. The molecule has 0 fully saturated rings. The van der Waals surface area contributed by atoms with Gasteiger partial charge in [-0.05, 0) is 43.3 Å². The van der Waals surface area contributed by atoms with Crippen LogP contribution in [0.2, 0.25) is 0 Å². The van der Waals surface area contributed by atoms with E-state index in [1.54, 1.807) is 61.5 Å². The fourth-order valence-electron chi connectivity index (χ4n) is 2.05. The van der Waals surface area contributed by atoms with E-state index in [1.165, 1.54) is 6.26 Å². The van der Waals surface area contributed by atoms with Crippen molar-refractivity contribution >= 4 is 17.6 Å². The molecule has 24 heavy (non-hydrogen) atoms. The molecular weight excluding hydrogens is 308 g/mol. The van der Waals surface area contributed by atoms with Crippen molar-refractivity contribution in [3.05, 3.63) is 78.0 Å². The second kappa shape index (κ2) is 6.78. The zero-order chi connectivity index (χ0) is 16.9. The molecule has 120 valence electrons. The minimum absolute atomic E-state index is 0.196. The van der Waals surface area contributed by atoms with Gasteiger partial charge in [-0.25, -0.2) is 9.78 Å². The van der Waals surface area contributed by atoms with Gasteiger partial charge < -0.3 is 14.5 Å². The number of nitrogens with one attached hydrogen (secondary N) is 1. The van der Waals surface area contributed by atoms with Gasteiger partial charge in [0.05, 0.1) is 6.26 Å². The third-order valence-corrected chi connectivity index (χ3v) is 3.14. The van der Waals surface area contributed by atoms with E-state index in [4.69, 9.17) is 9.15 Å². The standard InChI is InChI=1S/C18H14N2O4/c1-12-5-2-8-15(19-12)18(22)24-14-7-3-6-13(11-14)20-17(21)16-9-4-10-23-16/h2-11H,1H3,(H,20,21). The first-order chi connectivity index (χ1) is 11.6. The second-order valence-electron chi connectivity index (χ2n) is 5.01. The average molecular weight is 322 g/mol. The van der Waals surface area contributed by atoms with Crippen LogP contribution in [0, 0.1) is 6.92 Å². The predicted octanol–water partition coefficient (Wildman–Crippen LogP) is 3.45. The van der Waals surface area contributed by atoms with Crippen molar-refractivity contribution in [3.63, 3.8) is 0 Å². The number of hydrogen-bond acceptors (Lipinski definition) is 5. The lowest BCUT2D eigenvalue weighted by Gasteiger charge is -2.07. The fraction of sp³-hybridized carbons (Fsp3) is 0.0556. The first-order valence-corrected chi connectivity index (χ1v) is 7.22. The van der Waals surface area contributed by atoms with Crippen molar-refractivity contribution in [1.82, 2.24) is 4.98 Å². The summed E-state index contributed by atoms with van der Waals surface area (Å²) in [4.78, 5) is 28.2. The van der Waals surface area contributed by atoms with Gasteiger partial charge in [-0.2, -0.15) is 0 Å². The van der Waals surface area contributed by atoms with Crippen LogP contribution in [0.1, 0.15) is 26.7 Å². The number of ether oxygens (including phenoxy) is 1. The molecule has 0 saturated heterocycles. The Balaban J connectivity index is 1.71. The Hall–Kier alpha value is -3.41. The van der Waals surface area contributed by atoms with E-state index in [2.05, 4.69) is 10.3 Å². The van der Waals surface area contributed by atoms with Crippen molar-refractivity contribution in [2.45, 2.75) is 6.92 Å². The quantitative estimate of drug-likeness (QED) is 0.587. The summed E-state index contributed by atoms with van der Waals surface area (Å²) < 4.78 is 10.3. The lowest BCUT2D eigenvalue weighted by atomic mass is 10.3. The molecule has 2 aromatic heterocycles. The van der Waals surface area contributed by atoms with Crippen LogP contribution >= 0.6 is 0 Å². The van der Waals surface area contributed by atoms with Gasteiger partial charge in [-0.3, -0.25) is 4.79 Å². The summed E-state index contributed by atoms with van der Waals surface area (Å²) in [7, 11) is 0. The molecule has 0 aliphatic rings. The number of amides is 1. The molecule has 0 saturated carbocycles. The number of benzene rings is 1. The highest BCUT2D eigenvalue weighted by atomic mass is 16.5. The van der Waals surface area contributed by atoms with Gasteiger partial charge in [-0.1, -0.05) is 12.1 Å². The molecule has 6 heteroatoms. The highest BCUT2D eigenvalue weighted by Crippen LogP contribution is 2.19. The van der Waals surface area contributed by atoms with E-state index >= 15 is 0 Å². The number of hydrogen-bond donors (Lipinski definition) is 1. The molecule has 3 rings (SSSR count). The number of nitrogens with zero attached hydrogens (tertiary/aromatic N) is 1. The summed E-state index contributed by atoms with van der Waals surface area (Å²) in [5.74, 6) is -0.445. The number of pyridine rings is 1. The van der Waals surface area contributed by atoms with E-state index in [-0.39, 0.29) is 17.4 Å². The van der Waals surface area contributed by atoms with Crippen LogP contribution in [-0.4, -0.2) is 16.9 Å². The molecule has 6 nitrogen and oxygen atoms in total. The number of rotatable bonds is 4. The number of furan rings is 1. The first-order valence-electron chi connectivity index (χ1n) is 7.22. The Bertz CT molecular complexity index is 872. The van der Waals surface area contributed by atoms with Gasteiger partial charge in [0.2, 0.25) is 0 Å². The monoisotopic (exact) mass is 322 g/mol. The van der Waals surface area contributed by atoms with E-state index < -0.39 is 5.97 Å². The van der Waals surface area contributed by atoms with Gasteiger partial charge >= 0.3 is 5.97 Å². The fourth-order valence-corrected chi connectivity index (χ4v) is 2.05. The van der Waals surface area contributed by atoms with Crippen molar-refractivity contribution in [1.29, 1.82) is 0 Å². The number of anilines is 1. The highest BCUT2D eigenvalue weighted by molar-refractivity contribution is 6.02. The first kappa shape index (κ1) is 15.5. The molecule has 0 spiro atoms. The average Bonchev–Trinajstić information content (AvgIpc) is 3.10. The molecule has 1 amide bonds. The Morgan fingerprint density at radius 1 is 1.08 bits per heavy atom. The van der Waals surface area contributed by atoms with Crippen molar-refractivity contribution < 1.29 is 18.7 Å². The second-order valence-corrected chi connectivity index (χ2v) is 5.01. The van der Waals surface area contributed by atoms with Crippen molar-refractivity contribution in [3.8, 4) is 5.75 Å². The van der Waals surface area contributed by atoms with E-state index in [1.807, 2.05) is 0 Å². The normalized spacial score (nSPS) is 10.2. The number of carbonyl (C=O) groups excluding carboxylic acids is 2. The minimum atomic E-state index is -0.562. The molecule has 0 atom stereocenters. The lowest BCUT2D eigenvalue weighted by molar-refractivity contribution is 0.0728. The summed E-state index contributed by atoms with van der Waals surface area (Å²) in [5.41, 5.74) is 1.43. The van der Waals surface area contributed by atoms with Crippen molar-refractivity contribution in [2.24, 2.45) is 0 Å². The van der Waals surface area contributed by atoms with Crippen LogP contribution in [0.5, 0.6) is 5.75 Å². The molecule has 3 aromatic rings. The van der Waals surface area contributed by atoms with E-state index in [0.29, 0.717) is 11.4 Å². The van der Waals surface area contributed by atoms with Gasteiger partial charge in [0.1, 0.15) is 11.4 Å². The summed E-state index contributed by atoms with van der Waals surface area (Å²) in [5, 5.41) is 2.67. The van der Waals surface area contributed by atoms with Gasteiger partial charge in [0.15, 0.2) is 5.76 Å². The lowest BCUT2D eigenvalue weighted by Crippen LogP contribution is -2.12. The number of aryl methyl sites for hydroxylation is 1. The predicted molar refractivity (Wildman–Crippen MR) is 87.0 cm³/mol. The summed E-state index contributed by atoms with van der Waals surface area (Å²) in [6.07, 6.45) is 1.42. The maximum Gasteiger partial charge on any atom is 0.362 e. The van der Waals surface area contributed by atoms with E-state index in [0.717, 1.165) is 5.69 Å². The molecule has 0 aliphatic heterocycles. The molecule has 2 heterocycles. The van der Waals surface area contributed by atoms with Crippen LogP contribution in [0.4, 0.5) is 5.69 Å². The minimum Gasteiger partial charge on any atom is -0.459 e. The topological polar surface area (TPSA) is 81.4 Å². The maximum atomic E-state index is 12.1. The Morgan fingerprint density at radius 3 is 2.67 bits per heavy atom. The van der Waals surface area contributed by atoms with E-state index in [9.17, 15) is 9.59 Å². The molecule has 0 radical (unpaired) electrons. The van der Waals surface area contributed by atoms with Crippen LogP contribution in [0.15, 0.2) is 65.3 Å². The van der Waals surface area contributed by atoms with Gasteiger partial charge in [-0.15, -0.1) is 0 Å². The molecule has 0 bridgehead atoms. The SMILES string of the molecule is Cc1cccc(C(=O)Oc2cccc(NC(=O)c3ccco3)c2)n1. The summed E-state index contributed by atoms with van der Waals surface area (Å²) in [6, 6.07) is 14.8. The third kappa shape index (κ3) is 3.67. The molecule has 1 aromatic carbocycles. The Labute approximate surface area is 138 Å². The largest absolute Gasteiger partial charge is 0.459 e. The molecule has 1 N–H and O–H groups in total. The third-order valence-electron chi connectivity index (χ3n) is 3.14. The van der Waals surface area contributed by atoms with Gasteiger partial charge in [0, 0.05) is 17.4 Å². The van der Waals surface area contributed by atoms with Crippen LogP contribution < -0.4 is 10.1 Å². The van der Waals surface area contributed by atoms with Crippen LogP contribution in [0.3, 0.4) is 0 Å². The van der Waals surface area contributed by atoms with Crippen LogP contribution in [0.25, 0.3) is 0 Å². The highest BCUT2D eigenvalue weighted by Gasteiger charge is 2.12. The van der Waals surface area contributed by atoms with Crippen molar-refractivity contribution in [2.75, 3.05) is 5.32 Å². The zero-order valence-electron chi connectivity index (χ0n) is 12.9. The number of aromatic nitrogens is 1.